The van der Waals surface area contributed by atoms with E-state index in [0.29, 0.717) is 10.7 Å². The second kappa shape index (κ2) is 18.1. The molecule has 280 valence electrons. The van der Waals surface area contributed by atoms with Crippen molar-refractivity contribution in [3.05, 3.63) is 64.7 Å². The number of carbonyl (C=O) groups is 5. The molecule has 2 aromatic rings. The Labute approximate surface area is 306 Å². The van der Waals surface area contributed by atoms with Crippen LogP contribution in [0.15, 0.2) is 48.5 Å². The van der Waals surface area contributed by atoms with Gasteiger partial charge in [-0.2, -0.15) is 0 Å². The smallest absolute Gasteiger partial charge is 0.408 e. The third-order valence-electron chi connectivity index (χ3n) is 8.18. The Bertz CT molecular complexity index is 1510. The summed E-state index contributed by atoms with van der Waals surface area (Å²) in [6.45, 7) is 12.9. The fourth-order valence-electron chi connectivity index (χ4n) is 5.47. The zero-order chi connectivity index (χ0) is 37.8. The van der Waals surface area contributed by atoms with Gasteiger partial charge in [0, 0.05) is 50.0 Å². The Morgan fingerprint density at radius 2 is 1.43 bits per heavy atom. The van der Waals surface area contributed by atoms with Crippen LogP contribution in [0.2, 0.25) is 5.02 Å². The van der Waals surface area contributed by atoms with Gasteiger partial charge in [-0.3, -0.25) is 9.59 Å². The van der Waals surface area contributed by atoms with Crippen molar-refractivity contribution in [1.82, 2.24) is 25.8 Å². The SMILES string of the molecule is CCc1ccc(NC(=O)N(CCNC(=O)OC(C)(C)C)CC2(C(=O)NCc3ccccc3Cl)CCN(C(=O)CNC(=O)OC(C)(C)C)CC2)cc1. The topological polar surface area (TPSA) is 158 Å². The average Bonchev–Trinajstić information content (AvgIpc) is 3.05. The predicted molar refractivity (Wildman–Crippen MR) is 196 cm³/mol. The number of hydrogen-bond donors (Lipinski definition) is 4. The number of carbonyl (C=O) groups excluding carboxylic acids is 5. The minimum absolute atomic E-state index is 0.00554. The molecule has 2 aromatic carbocycles. The van der Waals surface area contributed by atoms with Crippen LogP contribution in [0, 0.1) is 5.41 Å². The number of urea groups is 1. The maximum atomic E-state index is 14.2. The maximum Gasteiger partial charge on any atom is 0.408 e. The van der Waals surface area contributed by atoms with Gasteiger partial charge in [-0.05, 0) is 90.1 Å². The van der Waals surface area contributed by atoms with Crippen LogP contribution in [-0.4, -0.2) is 90.3 Å². The second-order valence-corrected chi connectivity index (χ2v) is 15.0. The van der Waals surface area contributed by atoms with E-state index in [9.17, 15) is 24.0 Å². The van der Waals surface area contributed by atoms with E-state index in [4.69, 9.17) is 21.1 Å². The number of alkyl carbamates (subject to hydrolysis) is 2. The molecule has 0 unspecified atom stereocenters. The second-order valence-electron chi connectivity index (χ2n) is 14.6. The van der Waals surface area contributed by atoms with Crippen LogP contribution in [0.5, 0.6) is 0 Å². The third-order valence-corrected chi connectivity index (χ3v) is 8.55. The zero-order valence-electron chi connectivity index (χ0n) is 30.8. The standard InChI is InChI=1S/C37H53ClN6O7/c1-8-26-13-15-28(16-14-26)42-32(47)44(22-19-39-33(48)50-35(2,3)4)25-37(31(46)40-23-27-11-9-10-12-29(27)38)17-20-43(21-18-37)30(45)24-41-34(49)51-36(5,6)7/h9-16H,8,17-25H2,1-7H3,(H,39,48)(H,40,46)(H,41,49)(H,42,47). The molecule has 1 aliphatic rings. The Morgan fingerprint density at radius 3 is 2.00 bits per heavy atom. The molecule has 4 N–H and O–H groups in total. The van der Waals surface area contributed by atoms with Crippen molar-refractivity contribution in [3.8, 4) is 0 Å². The number of benzene rings is 2. The van der Waals surface area contributed by atoms with Gasteiger partial charge in [-0.25, -0.2) is 14.4 Å². The molecule has 1 aliphatic heterocycles. The lowest BCUT2D eigenvalue weighted by atomic mass is 9.76. The van der Waals surface area contributed by atoms with Crippen LogP contribution < -0.4 is 21.3 Å². The first-order chi connectivity index (χ1) is 23.9. The van der Waals surface area contributed by atoms with Crippen molar-refractivity contribution < 1.29 is 33.4 Å². The van der Waals surface area contributed by atoms with Crippen molar-refractivity contribution >= 4 is 47.3 Å². The summed E-state index contributed by atoms with van der Waals surface area (Å²) in [5.41, 5.74) is -0.0970. The number of anilines is 1. The Morgan fingerprint density at radius 1 is 0.843 bits per heavy atom. The number of rotatable bonds is 12. The molecule has 13 nitrogen and oxygen atoms in total. The van der Waals surface area contributed by atoms with Crippen molar-refractivity contribution in [2.45, 2.75) is 85.5 Å². The molecule has 0 spiro atoms. The quantitative estimate of drug-likeness (QED) is 0.218. The summed E-state index contributed by atoms with van der Waals surface area (Å²) in [4.78, 5) is 68.8. The molecule has 3 rings (SSSR count). The summed E-state index contributed by atoms with van der Waals surface area (Å²) in [5.74, 6) is -0.621. The molecular weight excluding hydrogens is 676 g/mol. The largest absolute Gasteiger partial charge is 0.444 e. The highest BCUT2D eigenvalue weighted by Gasteiger charge is 2.44. The van der Waals surface area contributed by atoms with E-state index in [1.807, 2.05) is 43.3 Å². The first-order valence-corrected chi connectivity index (χ1v) is 17.7. The van der Waals surface area contributed by atoms with Crippen molar-refractivity contribution in [2.75, 3.05) is 44.6 Å². The fraction of sp³-hybridized carbons (Fsp3) is 0.541. The van der Waals surface area contributed by atoms with Crippen LogP contribution in [0.25, 0.3) is 0 Å². The number of hydrogen-bond acceptors (Lipinski definition) is 7. The summed E-state index contributed by atoms with van der Waals surface area (Å²) in [5, 5.41) is 11.6. The van der Waals surface area contributed by atoms with Gasteiger partial charge < -0.3 is 40.5 Å². The average molecular weight is 729 g/mol. The Balaban J connectivity index is 1.83. The molecule has 14 heteroatoms. The lowest BCUT2D eigenvalue weighted by Gasteiger charge is -2.43. The molecule has 0 radical (unpaired) electrons. The monoisotopic (exact) mass is 728 g/mol. The molecule has 0 aliphatic carbocycles. The number of likely N-dealkylation sites (tertiary alicyclic amines) is 1. The van der Waals surface area contributed by atoms with Crippen LogP contribution in [0.3, 0.4) is 0 Å². The summed E-state index contributed by atoms with van der Waals surface area (Å²) in [6, 6.07) is 14.2. The first-order valence-electron chi connectivity index (χ1n) is 17.3. The van der Waals surface area contributed by atoms with E-state index in [1.165, 1.54) is 4.90 Å². The van der Waals surface area contributed by atoms with E-state index < -0.39 is 34.8 Å². The maximum absolute atomic E-state index is 14.2. The van der Waals surface area contributed by atoms with Gasteiger partial charge in [-0.15, -0.1) is 0 Å². The summed E-state index contributed by atoms with van der Waals surface area (Å²) in [7, 11) is 0. The number of aryl methyl sites for hydroxylation is 1. The molecule has 0 saturated carbocycles. The third kappa shape index (κ3) is 13.6. The van der Waals surface area contributed by atoms with E-state index in [0.717, 1.165) is 17.5 Å². The number of ether oxygens (including phenoxy) is 2. The van der Waals surface area contributed by atoms with Gasteiger partial charge in [0.1, 0.15) is 17.7 Å². The molecule has 51 heavy (non-hydrogen) atoms. The van der Waals surface area contributed by atoms with E-state index >= 15 is 0 Å². The Hall–Kier alpha value is -4.52. The summed E-state index contributed by atoms with van der Waals surface area (Å²) >= 11 is 6.37. The number of nitrogens with one attached hydrogen (secondary N) is 4. The van der Waals surface area contributed by atoms with E-state index in [2.05, 4.69) is 21.3 Å². The highest BCUT2D eigenvalue weighted by Crippen LogP contribution is 2.34. The highest BCUT2D eigenvalue weighted by molar-refractivity contribution is 6.31. The molecule has 6 amide bonds. The number of amides is 6. The number of nitrogens with zero attached hydrogens (tertiary/aromatic N) is 2. The fourth-order valence-corrected chi connectivity index (χ4v) is 5.67. The Kier molecular flexibility index (Phi) is 14.5. The molecule has 1 fully saturated rings. The van der Waals surface area contributed by atoms with E-state index in [1.54, 1.807) is 58.6 Å². The molecule has 0 aromatic heterocycles. The molecule has 0 bridgehead atoms. The van der Waals surface area contributed by atoms with Crippen molar-refractivity contribution in [1.29, 1.82) is 0 Å². The van der Waals surface area contributed by atoms with Gasteiger partial charge in [-0.1, -0.05) is 48.9 Å². The molecular formula is C37H53ClN6O7. The number of halogens is 1. The summed E-state index contributed by atoms with van der Waals surface area (Å²) in [6.07, 6.45) is -0.0228. The van der Waals surface area contributed by atoms with Gasteiger partial charge in [0.15, 0.2) is 0 Å². The molecule has 1 heterocycles. The van der Waals surface area contributed by atoms with Gasteiger partial charge in [0.25, 0.3) is 0 Å². The van der Waals surface area contributed by atoms with Crippen LogP contribution >= 0.6 is 11.6 Å². The first kappa shape index (κ1) is 40.9. The minimum atomic E-state index is -1.11. The zero-order valence-corrected chi connectivity index (χ0v) is 31.6. The molecule has 1 saturated heterocycles. The normalized spacial score (nSPS) is 14.2. The minimum Gasteiger partial charge on any atom is -0.444 e. The molecule has 0 atom stereocenters. The van der Waals surface area contributed by atoms with E-state index in [-0.39, 0.29) is 70.5 Å². The van der Waals surface area contributed by atoms with Crippen molar-refractivity contribution in [2.24, 2.45) is 5.41 Å². The van der Waals surface area contributed by atoms with Crippen LogP contribution in [-0.2, 0) is 32.0 Å². The summed E-state index contributed by atoms with van der Waals surface area (Å²) < 4.78 is 10.6. The van der Waals surface area contributed by atoms with Crippen molar-refractivity contribution in [3.63, 3.8) is 0 Å². The predicted octanol–water partition coefficient (Wildman–Crippen LogP) is 5.71. The van der Waals surface area contributed by atoms with Crippen LogP contribution in [0.4, 0.5) is 20.1 Å². The van der Waals surface area contributed by atoms with Gasteiger partial charge in [0.05, 0.1) is 5.41 Å². The van der Waals surface area contributed by atoms with Gasteiger partial charge in [0.2, 0.25) is 11.8 Å². The van der Waals surface area contributed by atoms with Crippen LogP contribution in [0.1, 0.15) is 72.4 Å². The lowest BCUT2D eigenvalue weighted by Crippen LogP contribution is -2.57. The highest BCUT2D eigenvalue weighted by atomic mass is 35.5. The van der Waals surface area contributed by atoms with Gasteiger partial charge >= 0.3 is 18.2 Å². The lowest BCUT2D eigenvalue weighted by molar-refractivity contribution is -0.141. The number of piperidine rings is 1.